The number of halogens is 3. The summed E-state index contributed by atoms with van der Waals surface area (Å²) >= 11 is 18.1. The first-order chi connectivity index (χ1) is 8.95. The number of rotatable bonds is 4. The van der Waals surface area contributed by atoms with Crippen molar-refractivity contribution in [2.75, 3.05) is 0 Å². The Bertz CT molecular complexity index is 572. The van der Waals surface area contributed by atoms with Gasteiger partial charge in [0.1, 0.15) is 5.76 Å². The summed E-state index contributed by atoms with van der Waals surface area (Å²) in [5.41, 5.74) is -0.510. The zero-order valence-corrected chi connectivity index (χ0v) is 12.4. The first kappa shape index (κ1) is 14.4. The highest BCUT2D eigenvalue weighted by Crippen LogP contribution is 2.39. The van der Waals surface area contributed by atoms with Gasteiger partial charge in [-0.1, -0.05) is 29.3 Å². The van der Waals surface area contributed by atoms with E-state index in [4.69, 9.17) is 39.2 Å². The molecule has 0 radical (unpaired) electrons. The molecule has 0 fully saturated rings. The van der Waals surface area contributed by atoms with Gasteiger partial charge in [0.2, 0.25) is 5.24 Å². The topological polar surface area (TPSA) is 30.2 Å². The van der Waals surface area contributed by atoms with Crippen LogP contribution >= 0.6 is 34.8 Å². The zero-order chi connectivity index (χ0) is 14.0. The maximum Gasteiger partial charge on any atom is 0.232 e. The summed E-state index contributed by atoms with van der Waals surface area (Å²) in [4.78, 5) is 11.9. The van der Waals surface area contributed by atoms with Gasteiger partial charge in [-0.15, -0.1) is 0 Å². The Balaban J connectivity index is 2.53. The van der Waals surface area contributed by atoms with Crippen molar-refractivity contribution in [2.24, 2.45) is 0 Å². The number of furan rings is 1. The molecule has 2 nitrogen and oxygen atoms in total. The highest BCUT2D eigenvalue weighted by molar-refractivity contribution is 6.65. The summed E-state index contributed by atoms with van der Waals surface area (Å²) in [5.74, 6) is 0.646. The van der Waals surface area contributed by atoms with Crippen LogP contribution < -0.4 is 0 Å². The molecule has 0 aliphatic rings. The third-order valence-electron chi connectivity index (χ3n) is 3.06. The van der Waals surface area contributed by atoms with E-state index >= 15 is 0 Å². The summed E-state index contributed by atoms with van der Waals surface area (Å²) < 4.78 is 5.28. The SMILES string of the molecule is CC(Cc1ccco1)(C(=O)Cl)c1c(Cl)cccc1Cl. The maximum atomic E-state index is 11.9. The summed E-state index contributed by atoms with van der Waals surface area (Å²) in [7, 11) is 0. The van der Waals surface area contributed by atoms with Crippen molar-refractivity contribution >= 4 is 40.0 Å². The van der Waals surface area contributed by atoms with Gasteiger partial charge < -0.3 is 4.42 Å². The van der Waals surface area contributed by atoms with Crippen molar-refractivity contribution in [3.05, 3.63) is 58.0 Å². The lowest BCUT2D eigenvalue weighted by molar-refractivity contribution is -0.116. The Hall–Kier alpha value is -0.960. The van der Waals surface area contributed by atoms with Crippen LogP contribution in [0.3, 0.4) is 0 Å². The van der Waals surface area contributed by atoms with Crippen LogP contribution in [-0.4, -0.2) is 5.24 Å². The molecule has 1 aromatic carbocycles. The molecule has 0 saturated carbocycles. The second-order valence-corrected chi connectivity index (χ2v) is 5.62. The third-order valence-corrected chi connectivity index (χ3v) is 4.10. The van der Waals surface area contributed by atoms with Crippen molar-refractivity contribution < 1.29 is 9.21 Å². The number of hydrogen-bond donors (Lipinski definition) is 0. The molecule has 0 spiro atoms. The van der Waals surface area contributed by atoms with E-state index < -0.39 is 10.7 Å². The highest BCUT2D eigenvalue weighted by atomic mass is 35.5. The van der Waals surface area contributed by atoms with Crippen molar-refractivity contribution in [3.8, 4) is 0 Å². The lowest BCUT2D eigenvalue weighted by atomic mass is 9.79. The number of carbonyl (C=O) groups excluding carboxylic acids is 1. The first-order valence-corrected chi connectivity index (χ1v) is 6.75. The van der Waals surface area contributed by atoms with Gasteiger partial charge in [0, 0.05) is 22.0 Å². The van der Waals surface area contributed by atoms with Crippen LogP contribution in [0.4, 0.5) is 0 Å². The third kappa shape index (κ3) is 2.81. The molecule has 0 N–H and O–H groups in total. The molecule has 0 amide bonds. The smallest absolute Gasteiger partial charge is 0.232 e. The van der Waals surface area contributed by atoms with Crippen LogP contribution in [0.15, 0.2) is 41.0 Å². The fourth-order valence-corrected chi connectivity index (χ4v) is 3.02. The van der Waals surface area contributed by atoms with Crippen LogP contribution in [0.25, 0.3) is 0 Å². The van der Waals surface area contributed by atoms with Crippen LogP contribution in [0.1, 0.15) is 18.2 Å². The molecule has 1 heterocycles. The fourth-order valence-electron chi connectivity index (χ4n) is 2.04. The van der Waals surface area contributed by atoms with E-state index in [-0.39, 0.29) is 0 Å². The number of carbonyl (C=O) groups is 1. The number of hydrogen-bond acceptors (Lipinski definition) is 2. The molecule has 100 valence electrons. The molecule has 1 atom stereocenters. The van der Waals surface area contributed by atoms with E-state index in [0.29, 0.717) is 27.8 Å². The molecule has 0 saturated heterocycles. The second kappa shape index (κ2) is 5.58. The predicted octanol–water partition coefficient (Wildman–Crippen LogP) is 4.85. The molecule has 5 heteroatoms. The normalized spacial score (nSPS) is 14.1. The molecule has 0 bridgehead atoms. The van der Waals surface area contributed by atoms with Gasteiger partial charge in [-0.05, 0) is 42.8 Å². The quantitative estimate of drug-likeness (QED) is 0.754. The van der Waals surface area contributed by atoms with Gasteiger partial charge in [0.25, 0.3) is 0 Å². The van der Waals surface area contributed by atoms with Gasteiger partial charge in [-0.2, -0.15) is 0 Å². The Morgan fingerprint density at radius 2 is 1.84 bits per heavy atom. The average molecular weight is 318 g/mol. The van der Waals surface area contributed by atoms with Crippen molar-refractivity contribution in [3.63, 3.8) is 0 Å². The van der Waals surface area contributed by atoms with Gasteiger partial charge in [-0.25, -0.2) is 0 Å². The predicted molar refractivity (Wildman–Crippen MR) is 77.1 cm³/mol. The molecule has 0 aliphatic heterocycles. The van der Waals surface area contributed by atoms with Crippen LogP contribution in [-0.2, 0) is 16.6 Å². The van der Waals surface area contributed by atoms with Gasteiger partial charge >= 0.3 is 0 Å². The van der Waals surface area contributed by atoms with Crippen LogP contribution in [0, 0.1) is 0 Å². The first-order valence-electron chi connectivity index (χ1n) is 5.62. The minimum Gasteiger partial charge on any atom is -0.469 e. The minimum atomic E-state index is -1.03. The molecular weight excluding hydrogens is 307 g/mol. The molecular formula is C14H11Cl3O2. The monoisotopic (exact) mass is 316 g/mol. The lowest BCUT2D eigenvalue weighted by Gasteiger charge is -2.27. The van der Waals surface area contributed by atoms with Crippen LogP contribution in [0.2, 0.25) is 10.0 Å². The lowest BCUT2D eigenvalue weighted by Crippen LogP contribution is -2.32. The molecule has 2 rings (SSSR count). The van der Waals surface area contributed by atoms with E-state index in [0.717, 1.165) is 0 Å². The van der Waals surface area contributed by atoms with Crippen LogP contribution in [0.5, 0.6) is 0 Å². The summed E-state index contributed by atoms with van der Waals surface area (Å²) in [6.07, 6.45) is 1.84. The maximum absolute atomic E-state index is 11.9. The second-order valence-electron chi connectivity index (χ2n) is 4.46. The Kier molecular flexibility index (Phi) is 4.24. The summed E-state index contributed by atoms with van der Waals surface area (Å²) in [5, 5.41) is 0.296. The van der Waals surface area contributed by atoms with Gasteiger partial charge in [0.15, 0.2) is 0 Å². The Labute approximate surface area is 126 Å². The fraction of sp³-hybridized carbons (Fsp3) is 0.214. The standard InChI is InChI=1S/C14H11Cl3O2/c1-14(13(17)18,8-9-4-3-7-19-9)12-10(15)5-2-6-11(12)16/h2-7H,8H2,1H3. The van der Waals surface area contributed by atoms with Crippen molar-refractivity contribution in [1.29, 1.82) is 0 Å². The Morgan fingerprint density at radius 3 is 2.32 bits per heavy atom. The molecule has 1 aromatic heterocycles. The molecule has 0 aliphatic carbocycles. The average Bonchev–Trinajstić information content (AvgIpc) is 2.81. The molecule has 1 unspecified atom stereocenters. The number of benzene rings is 1. The van der Waals surface area contributed by atoms with E-state index in [1.54, 1.807) is 43.5 Å². The van der Waals surface area contributed by atoms with Gasteiger partial charge in [-0.3, -0.25) is 4.79 Å². The Morgan fingerprint density at radius 1 is 1.21 bits per heavy atom. The minimum absolute atomic E-state index is 0.297. The molecule has 2 aromatic rings. The van der Waals surface area contributed by atoms with E-state index in [1.165, 1.54) is 0 Å². The van der Waals surface area contributed by atoms with Crippen molar-refractivity contribution in [2.45, 2.75) is 18.8 Å². The van der Waals surface area contributed by atoms with E-state index in [1.807, 2.05) is 0 Å². The van der Waals surface area contributed by atoms with E-state index in [2.05, 4.69) is 0 Å². The zero-order valence-electron chi connectivity index (χ0n) is 10.1. The van der Waals surface area contributed by atoms with Gasteiger partial charge in [0.05, 0.1) is 11.7 Å². The van der Waals surface area contributed by atoms with Crippen molar-refractivity contribution in [1.82, 2.24) is 0 Å². The molecule has 19 heavy (non-hydrogen) atoms. The summed E-state index contributed by atoms with van der Waals surface area (Å²) in [6, 6.07) is 8.62. The highest BCUT2D eigenvalue weighted by Gasteiger charge is 2.38. The van der Waals surface area contributed by atoms with E-state index in [9.17, 15) is 4.79 Å². The summed E-state index contributed by atoms with van der Waals surface area (Å²) in [6.45, 7) is 1.71. The largest absolute Gasteiger partial charge is 0.469 e.